The molecule has 0 bridgehead atoms. The second-order valence-electron chi connectivity index (χ2n) is 12.8. The molecule has 1 saturated heterocycles. The summed E-state index contributed by atoms with van der Waals surface area (Å²) in [5.41, 5.74) is 3.58. The lowest BCUT2D eigenvalue weighted by atomic mass is 9.80. The molecule has 4 rings (SSSR count). The summed E-state index contributed by atoms with van der Waals surface area (Å²) >= 11 is 0. The zero-order valence-corrected chi connectivity index (χ0v) is 27.6. The third kappa shape index (κ3) is 10.1. The van der Waals surface area contributed by atoms with E-state index in [2.05, 4.69) is 52.0 Å². The number of esters is 1. The molecule has 2 unspecified atom stereocenters. The van der Waals surface area contributed by atoms with E-state index in [-0.39, 0.29) is 6.61 Å². The van der Waals surface area contributed by atoms with Gasteiger partial charge in [-0.3, -0.25) is 0 Å². The highest BCUT2D eigenvalue weighted by Gasteiger charge is 2.49. The summed E-state index contributed by atoms with van der Waals surface area (Å²) in [4.78, 5) is 13.6. The molecule has 244 valence electrons. The van der Waals surface area contributed by atoms with Gasteiger partial charge in [-0.2, -0.15) is 0 Å². The van der Waals surface area contributed by atoms with Crippen molar-refractivity contribution in [3.05, 3.63) is 71.3 Å². The van der Waals surface area contributed by atoms with Crippen LogP contribution in [0.25, 0.3) is 0 Å². The fraction of sp³-hybridized carbons (Fsp3) is 0.658. The number of rotatable bonds is 20. The molecule has 1 aliphatic heterocycles. The minimum absolute atomic E-state index is 0.236. The summed E-state index contributed by atoms with van der Waals surface area (Å²) in [5.74, 6) is 1.09. The monoisotopic (exact) mass is 608 g/mol. The van der Waals surface area contributed by atoms with Crippen LogP contribution in [0.5, 0.6) is 0 Å². The molecule has 1 aliphatic carbocycles. The molecule has 0 N–H and O–H groups in total. The van der Waals surface area contributed by atoms with E-state index in [9.17, 15) is 4.79 Å². The second kappa shape index (κ2) is 18.7. The molecule has 1 saturated carbocycles. The Morgan fingerprint density at radius 3 is 2.09 bits per heavy atom. The highest BCUT2D eigenvalue weighted by atomic mass is 16.6. The molecule has 0 radical (unpaired) electrons. The molecule has 6 nitrogen and oxygen atoms in total. The lowest BCUT2D eigenvalue weighted by molar-refractivity contribution is -0.238. The van der Waals surface area contributed by atoms with Gasteiger partial charge in [-0.1, -0.05) is 114 Å². The van der Waals surface area contributed by atoms with Gasteiger partial charge in [0.15, 0.2) is 12.2 Å². The van der Waals surface area contributed by atoms with Gasteiger partial charge in [-0.25, -0.2) is 4.79 Å². The van der Waals surface area contributed by atoms with Crippen molar-refractivity contribution in [3.63, 3.8) is 0 Å². The van der Waals surface area contributed by atoms with E-state index in [1.807, 2.05) is 30.3 Å². The zero-order chi connectivity index (χ0) is 31.1. The van der Waals surface area contributed by atoms with Crippen molar-refractivity contribution in [1.82, 2.24) is 0 Å². The van der Waals surface area contributed by atoms with E-state index < -0.39 is 30.4 Å². The number of carbonyl (C=O) groups is 1. The van der Waals surface area contributed by atoms with Crippen LogP contribution in [0.15, 0.2) is 54.6 Å². The van der Waals surface area contributed by atoms with Gasteiger partial charge in [-0.15, -0.1) is 0 Å². The molecule has 2 aliphatic rings. The van der Waals surface area contributed by atoms with E-state index in [0.717, 1.165) is 49.7 Å². The van der Waals surface area contributed by atoms with Crippen molar-refractivity contribution in [3.8, 4) is 0 Å². The third-order valence-electron chi connectivity index (χ3n) is 9.44. The van der Waals surface area contributed by atoms with Crippen molar-refractivity contribution in [2.75, 3.05) is 19.8 Å². The largest absolute Gasteiger partial charge is 0.455 e. The van der Waals surface area contributed by atoms with Crippen LogP contribution in [-0.2, 0) is 41.7 Å². The predicted octanol–water partition coefficient (Wildman–Crippen LogP) is 8.40. The number of benzene rings is 2. The molecule has 1 heterocycles. The second-order valence-corrected chi connectivity index (χ2v) is 12.8. The maximum atomic E-state index is 13.6. The molecule has 0 aromatic heterocycles. The van der Waals surface area contributed by atoms with Crippen LogP contribution in [-0.4, -0.2) is 50.2 Å². The first-order valence-corrected chi connectivity index (χ1v) is 17.3. The van der Waals surface area contributed by atoms with E-state index in [1.54, 1.807) is 0 Å². The number of hydrogen-bond acceptors (Lipinski definition) is 6. The Bertz CT molecular complexity index is 1090. The van der Waals surface area contributed by atoms with Gasteiger partial charge in [0.2, 0.25) is 0 Å². The summed E-state index contributed by atoms with van der Waals surface area (Å²) in [5, 5.41) is 0. The lowest BCUT2D eigenvalue weighted by Crippen LogP contribution is -2.60. The van der Waals surface area contributed by atoms with Crippen LogP contribution in [0, 0.1) is 11.8 Å². The first-order chi connectivity index (χ1) is 21.6. The normalized spacial score (nSPS) is 23.6. The van der Waals surface area contributed by atoms with Crippen LogP contribution in [0.2, 0.25) is 0 Å². The van der Waals surface area contributed by atoms with Gasteiger partial charge in [0.25, 0.3) is 0 Å². The summed E-state index contributed by atoms with van der Waals surface area (Å²) < 4.78 is 31.9. The van der Waals surface area contributed by atoms with Crippen molar-refractivity contribution in [2.24, 2.45) is 11.8 Å². The molecule has 6 atom stereocenters. The van der Waals surface area contributed by atoms with E-state index in [1.165, 1.54) is 24.8 Å². The van der Waals surface area contributed by atoms with Gasteiger partial charge in [-0.05, 0) is 60.1 Å². The fourth-order valence-corrected chi connectivity index (χ4v) is 6.33. The molecular formula is C38H56O6. The highest BCUT2D eigenvalue weighted by Crippen LogP contribution is 2.36. The number of ether oxygens (including phenoxy) is 5. The lowest BCUT2D eigenvalue weighted by Gasteiger charge is -2.41. The average Bonchev–Trinajstić information content (AvgIpc) is 3.01. The fourth-order valence-electron chi connectivity index (χ4n) is 6.33. The molecule has 0 amide bonds. The number of carbonyl (C=O) groups excluding carboxylic acids is 1. The quantitative estimate of drug-likeness (QED) is 0.141. The van der Waals surface area contributed by atoms with Crippen molar-refractivity contribution in [1.29, 1.82) is 0 Å². The smallest absolute Gasteiger partial charge is 0.338 e. The van der Waals surface area contributed by atoms with Gasteiger partial charge < -0.3 is 23.7 Å². The van der Waals surface area contributed by atoms with Crippen molar-refractivity contribution in [2.45, 2.75) is 129 Å². The Morgan fingerprint density at radius 2 is 1.45 bits per heavy atom. The first kappa shape index (κ1) is 34.6. The molecule has 2 fully saturated rings. The Labute approximate surface area is 266 Å². The summed E-state index contributed by atoms with van der Waals surface area (Å²) in [7, 11) is 0. The molecule has 6 heteroatoms. The van der Waals surface area contributed by atoms with Crippen LogP contribution < -0.4 is 0 Å². The summed E-state index contributed by atoms with van der Waals surface area (Å²) in [6.07, 6.45) is 7.66. The maximum absolute atomic E-state index is 13.6. The van der Waals surface area contributed by atoms with Crippen LogP contribution in [0.1, 0.15) is 108 Å². The topological polar surface area (TPSA) is 63.2 Å². The molecule has 44 heavy (non-hydrogen) atoms. The van der Waals surface area contributed by atoms with E-state index in [0.29, 0.717) is 44.2 Å². The van der Waals surface area contributed by atoms with E-state index in [4.69, 9.17) is 23.7 Å². The Balaban J connectivity index is 1.51. The third-order valence-corrected chi connectivity index (χ3v) is 9.44. The molecule has 2 aromatic carbocycles. The predicted molar refractivity (Wildman–Crippen MR) is 174 cm³/mol. The van der Waals surface area contributed by atoms with Crippen molar-refractivity contribution >= 4 is 5.97 Å². The number of cyclic esters (lactones) is 1. The van der Waals surface area contributed by atoms with Crippen LogP contribution in [0.4, 0.5) is 0 Å². The molecule has 0 spiro atoms. The summed E-state index contributed by atoms with van der Waals surface area (Å²) in [6.45, 7) is 10.9. The van der Waals surface area contributed by atoms with Gasteiger partial charge in [0.05, 0.1) is 33.0 Å². The average molecular weight is 609 g/mol. The Morgan fingerprint density at radius 1 is 0.773 bits per heavy atom. The maximum Gasteiger partial charge on any atom is 0.338 e. The van der Waals surface area contributed by atoms with Gasteiger partial charge in [0, 0.05) is 0 Å². The van der Waals surface area contributed by atoms with E-state index >= 15 is 0 Å². The Hall–Kier alpha value is -2.25. The highest BCUT2D eigenvalue weighted by molar-refractivity contribution is 5.77. The molecular weight excluding hydrogens is 552 g/mol. The Kier molecular flexibility index (Phi) is 14.7. The van der Waals surface area contributed by atoms with Gasteiger partial charge >= 0.3 is 5.97 Å². The van der Waals surface area contributed by atoms with Crippen LogP contribution in [0.3, 0.4) is 0 Å². The minimum atomic E-state index is -0.851. The van der Waals surface area contributed by atoms with Gasteiger partial charge in [0.1, 0.15) is 12.2 Å². The zero-order valence-electron chi connectivity index (χ0n) is 27.6. The van der Waals surface area contributed by atoms with Crippen molar-refractivity contribution < 1.29 is 28.5 Å². The standard InChI is InChI=1S/C38H56O6/c1-5-14-28(7-3)24-41-35-34(27-40-23-31-18-12-21-33(22-31)32-19-13-20-32)44-38(39)37(43-25-29(8-4)15-6-2)36(35)42-26-30-16-10-9-11-17-30/h9-12,16-18,21-22,28-29,32,34-37H,5-8,13-15,19-20,23-27H2,1-4H3/t28?,29?,34-,35+,36+,37-/m1/s1. The molecule has 2 aromatic rings. The first-order valence-electron chi connectivity index (χ1n) is 17.3. The summed E-state index contributed by atoms with van der Waals surface area (Å²) in [6, 6.07) is 18.8. The van der Waals surface area contributed by atoms with Crippen LogP contribution >= 0.6 is 0 Å². The number of hydrogen-bond donors (Lipinski definition) is 0. The SMILES string of the molecule is CCCC(CC)CO[C@@H]1[C@H](OCc2ccccc2)[C@@H](OCC(CC)CCC)C(=O)O[C@@H]1COCc1cccc(C2CCC2)c1. The minimum Gasteiger partial charge on any atom is -0.455 e.